The zero-order valence-corrected chi connectivity index (χ0v) is 14.4. The van der Waals surface area contributed by atoms with Gasteiger partial charge in [-0.3, -0.25) is 0 Å². The molecule has 2 rings (SSSR count). The summed E-state index contributed by atoms with van der Waals surface area (Å²) in [5.74, 6) is -0.333. The second-order valence-electron chi connectivity index (χ2n) is 6.35. The Hall–Kier alpha value is -2.29. The standard InChI is InChI=1S/C20H24O3/c1-12-6-13(2)10-17(9-12)23-19(20(21)22)11-18-15(4)7-14(3)8-16(18)5/h6-10,19H,11H2,1-5H3,(H,21,22)/t19-/m0/s1. The van der Waals surface area contributed by atoms with Crippen LogP contribution in [-0.4, -0.2) is 17.2 Å². The van der Waals surface area contributed by atoms with Crippen LogP contribution in [0, 0.1) is 34.6 Å². The molecule has 0 spiro atoms. The van der Waals surface area contributed by atoms with E-state index in [9.17, 15) is 9.90 Å². The van der Waals surface area contributed by atoms with Crippen molar-refractivity contribution >= 4 is 5.97 Å². The van der Waals surface area contributed by atoms with Crippen LogP contribution >= 0.6 is 0 Å². The first-order chi connectivity index (χ1) is 10.8. The highest BCUT2D eigenvalue weighted by Crippen LogP contribution is 2.22. The molecule has 0 aliphatic rings. The normalized spacial score (nSPS) is 12.0. The van der Waals surface area contributed by atoms with Crippen molar-refractivity contribution in [2.75, 3.05) is 0 Å². The lowest BCUT2D eigenvalue weighted by molar-refractivity contribution is -0.145. The quantitative estimate of drug-likeness (QED) is 0.895. The van der Waals surface area contributed by atoms with E-state index >= 15 is 0 Å². The molecule has 0 aliphatic heterocycles. The van der Waals surface area contributed by atoms with Crippen LogP contribution in [0.1, 0.15) is 33.4 Å². The van der Waals surface area contributed by atoms with E-state index in [-0.39, 0.29) is 0 Å². The van der Waals surface area contributed by atoms with Gasteiger partial charge in [0.25, 0.3) is 0 Å². The van der Waals surface area contributed by atoms with Crippen molar-refractivity contribution in [1.29, 1.82) is 0 Å². The Labute approximate surface area is 137 Å². The predicted octanol–water partition coefficient (Wildman–Crippen LogP) is 4.30. The van der Waals surface area contributed by atoms with Gasteiger partial charge in [0.1, 0.15) is 5.75 Å². The van der Waals surface area contributed by atoms with Crippen LogP contribution in [0.25, 0.3) is 0 Å². The number of benzene rings is 2. The molecule has 0 heterocycles. The minimum atomic E-state index is -0.941. The molecule has 0 unspecified atom stereocenters. The van der Waals surface area contributed by atoms with Crippen LogP contribution in [-0.2, 0) is 11.2 Å². The van der Waals surface area contributed by atoms with Gasteiger partial charge in [-0.2, -0.15) is 0 Å². The molecule has 1 N–H and O–H groups in total. The Morgan fingerprint density at radius 2 is 1.39 bits per heavy atom. The van der Waals surface area contributed by atoms with Gasteiger partial charge in [0, 0.05) is 6.42 Å². The Morgan fingerprint density at radius 1 is 0.913 bits per heavy atom. The van der Waals surface area contributed by atoms with Gasteiger partial charge < -0.3 is 9.84 Å². The second-order valence-corrected chi connectivity index (χ2v) is 6.35. The summed E-state index contributed by atoms with van der Waals surface area (Å²) in [6.45, 7) is 10.0. The average Bonchev–Trinajstić information content (AvgIpc) is 2.39. The fourth-order valence-electron chi connectivity index (χ4n) is 3.06. The smallest absolute Gasteiger partial charge is 0.345 e. The third-order valence-corrected chi connectivity index (χ3v) is 3.98. The molecule has 2 aromatic carbocycles. The Balaban J connectivity index is 2.28. The van der Waals surface area contributed by atoms with E-state index in [1.165, 1.54) is 5.56 Å². The van der Waals surface area contributed by atoms with E-state index in [1.54, 1.807) is 0 Å². The minimum Gasteiger partial charge on any atom is -0.478 e. The van der Waals surface area contributed by atoms with Gasteiger partial charge >= 0.3 is 5.97 Å². The maximum Gasteiger partial charge on any atom is 0.345 e. The molecule has 0 aromatic heterocycles. The van der Waals surface area contributed by atoms with Gasteiger partial charge in [0.2, 0.25) is 0 Å². The first-order valence-electron chi connectivity index (χ1n) is 7.80. The van der Waals surface area contributed by atoms with Crippen molar-refractivity contribution in [2.45, 2.75) is 47.1 Å². The second kappa shape index (κ2) is 6.86. The first kappa shape index (κ1) is 17.1. The number of carboxylic acid groups (broad SMARTS) is 1. The zero-order valence-electron chi connectivity index (χ0n) is 14.4. The highest BCUT2D eigenvalue weighted by atomic mass is 16.5. The number of aryl methyl sites for hydroxylation is 5. The third kappa shape index (κ3) is 4.35. The van der Waals surface area contributed by atoms with Gasteiger partial charge in [-0.1, -0.05) is 23.8 Å². The van der Waals surface area contributed by atoms with Crippen LogP contribution in [0.3, 0.4) is 0 Å². The van der Waals surface area contributed by atoms with Gasteiger partial charge in [-0.15, -0.1) is 0 Å². The Morgan fingerprint density at radius 3 is 1.87 bits per heavy atom. The zero-order chi connectivity index (χ0) is 17.1. The van der Waals surface area contributed by atoms with E-state index in [0.29, 0.717) is 12.2 Å². The van der Waals surface area contributed by atoms with Crippen molar-refractivity contribution in [1.82, 2.24) is 0 Å². The Kier molecular flexibility index (Phi) is 5.09. The first-order valence-corrected chi connectivity index (χ1v) is 7.80. The van der Waals surface area contributed by atoms with Crippen LogP contribution in [0.2, 0.25) is 0 Å². The molecule has 3 nitrogen and oxygen atoms in total. The molecule has 0 aliphatic carbocycles. The van der Waals surface area contributed by atoms with Gasteiger partial charge in [0.15, 0.2) is 6.10 Å². The third-order valence-electron chi connectivity index (χ3n) is 3.98. The molecular formula is C20H24O3. The van der Waals surface area contributed by atoms with Crippen LogP contribution in [0.4, 0.5) is 0 Å². The molecule has 23 heavy (non-hydrogen) atoms. The van der Waals surface area contributed by atoms with Crippen molar-refractivity contribution < 1.29 is 14.6 Å². The molecule has 0 bridgehead atoms. The number of carboxylic acids is 1. The van der Waals surface area contributed by atoms with E-state index in [0.717, 1.165) is 27.8 Å². The summed E-state index contributed by atoms with van der Waals surface area (Å²) in [6, 6.07) is 9.95. The van der Waals surface area contributed by atoms with Crippen molar-refractivity contribution in [2.24, 2.45) is 0 Å². The topological polar surface area (TPSA) is 46.5 Å². The molecule has 3 heteroatoms. The van der Waals surface area contributed by atoms with Crippen LogP contribution in [0.15, 0.2) is 30.3 Å². The van der Waals surface area contributed by atoms with Crippen molar-refractivity contribution in [3.05, 3.63) is 63.7 Å². The van der Waals surface area contributed by atoms with E-state index in [4.69, 9.17) is 4.74 Å². The largest absolute Gasteiger partial charge is 0.478 e. The summed E-state index contributed by atoms with van der Waals surface area (Å²) in [4.78, 5) is 11.6. The fourth-order valence-corrected chi connectivity index (χ4v) is 3.06. The number of ether oxygens (including phenoxy) is 1. The maximum absolute atomic E-state index is 11.6. The molecule has 0 saturated heterocycles. The maximum atomic E-state index is 11.6. The van der Waals surface area contributed by atoms with Crippen molar-refractivity contribution in [3.63, 3.8) is 0 Å². The fraction of sp³-hybridized carbons (Fsp3) is 0.350. The molecule has 122 valence electrons. The molecule has 2 aromatic rings. The molecule has 0 fully saturated rings. The Bertz CT molecular complexity index is 688. The van der Waals surface area contributed by atoms with Gasteiger partial charge in [-0.05, 0) is 74.6 Å². The summed E-state index contributed by atoms with van der Waals surface area (Å²) in [5.41, 5.74) is 6.58. The number of hydrogen-bond acceptors (Lipinski definition) is 2. The van der Waals surface area contributed by atoms with E-state index in [2.05, 4.69) is 12.1 Å². The highest BCUT2D eigenvalue weighted by molar-refractivity contribution is 5.73. The summed E-state index contributed by atoms with van der Waals surface area (Å²) >= 11 is 0. The number of carbonyl (C=O) groups is 1. The molecule has 0 amide bonds. The summed E-state index contributed by atoms with van der Waals surface area (Å²) < 4.78 is 5.78. The lowest BCUT2D eigenvalue weighted by atomic mass is 9.95. The summed E-state index contributed by atoms with van der Waals surface area (Å²) in [7, 11) is 0. The lowest BCUT2D eigenvalue weighted by Gasteiger charge is -2.19. The van der Waals surface area contributed by atoms with Crippen LogP contribution in [0.5, 0.6) is 5.75 Å². The summed E-state index contributed by atoms with van der Waals surface area (Å²) in [5, 5.41) is 9.55. The molecule has 0 saturated carbocycles. The SMILES string of the molecule is Cc1cc(C)cc(O[C@@H](Cc2c(C)cc(C)cc2C)C(=O)O)c1. The van der Waals surface area contributed by atoms with E-state index in [1.807, 2.05) is 52.8 Å². The summed E-state index contributed by atoms with van der Waals surface area (Å²) in [6.07, 6.45) is -0.531. The monoisotopic (exact) mass is 312 g/mol. The number of aliphatic carboxylic acids is 1. The lowest BCUT2D eigenvalue weighted by Crippen LogP contribution is -2.30. The van der Waals surface area contributed by atoms with Crippen LogP contribution < -0.4 is 4.74 Å². The van der Waals surface area contributed by atoms with E-state index < -0.39 is 12.1 Å². The molecule has 0 radical (unpaired) electrons. The highest BCUT2D eigenvalue weighted by Gasteiger charge is 2.22. The van der Waals surface area contributed by atoms with Gasteiger partial charge in [0.05, 0.1) is 0 Å². The molecular weight excluding hydrogens is 288 g/mol. The van der Waals surface area contributed by atoms with Gasteiger partial charge in [-0.25, -0.2) is 4.79 Å². The minimum absolute atomic E-state index is 0.361. The number of hydrogen-bond donors (Lipinski definition) is 1. The molecule has 1 atom stereocenters. The predicted molar refractivity (Wildman–Crippen MR) is 92.3 cm³/mol. The average molecular weight is 312 g/mol. The van der Waals surface area contributed by atoms with Crippen molar-refractivity contribution in [3.8, 4) is 5.75 Å². The number of rotatable bonds is 5.